The maximum absolute atomic E-state index is 12.4. The molecule has 1 unspecified atom stereocenters. The van der Waals surface area contributed by atoms with Crippen LogP contribution < -0.4 is 10.2 Å². The smallest absolute Gasteiger partial charge is 0.282 e. The number of likely N-dealkylation sites (N-methyl/N-ethyl adjacent to an activating group) is 1. The molecule has 2 N–H and O–H groups in total. The van der Waals surface area contributed by atoms with E-state index in [0.717, 1.165) is 18.8 Å². The average molecular weight is 324 g/mol. The lowest BCUT2D eigenvalue weighted by Gasteiger charge is -2.23. The van der Waals surface area contributed by atoms with Crippen LogP contribution in [0.4, 0.5) is 5.69 Å². The average Bonchev–Trinajstić information content (AvgIpc) is 2.99. The zero-order valence-corrected chi connectivity index (χ0v) is 13.8. The Balaban J connectivity index is 1.97. The molecule has 0 aliphatic heterocycles. The molecule has 0 aliphatic carbocycles. The number of nitrogens with one attached hydrogen (secondary N) is 2. The lowest BCUT2D eigenvalue weighted by molar-refractivity contribution is -0.925. The first-order valence-electron chi connectivity index (χ1n) is 7.03. The summed E-state index contributed by atoms with van der Waals surface area (Å²) in [7, 11) is 0. The highest BCUT2D eigenvalue weighted by Crippen LogP contribution is 2.13. The summed E-state index contributed by atoms with van der Waals surface area (Å²) in [6, 6.07) is 11.2. The van der Waals surface area contributed by atoms with E-state index in [0.29, 0.717) is 5.02 Å². The van der Waals surface area contributed by atoms with Crippen LogP contribution in [0.25, 0.3) is 0 Å². The summed E-state index contributed by atoms with van der Waals surface area (Å²) in [6.45, 7) is 5.86. The van der Waals surface area contributed by atoms with Crippen molar-refractivity contribution in [2.45, 2.75) is 26.4 Å². The largest absolute Gasteiger partial charge is 0.321 e. The third-order valence-corrected chi connectivity index (χ3v) is 4.68. The Labute approximate surface area is 134 Å². The molecule has 0 radical (unpaired) electrons. The molecule has 2 atom stereocenters. The topological polar surface area (TPSA) is 33.5 Å². The van der Waals surface area contributed by atoms with Crippen LogP contribution in [0.1, 0.15) is 18.7 Å². The second-order valence-corrected chi connectivity index (χ2v) is 6.45. The fraction of sp³-hybridized carbons (Fsp3) is 0.312. The van der Waals surface area contributed by atoms with Crippen molar-refractivity contribution < 1.29 is 9.69 Å². The number of amides is 1. The maximum atomic E-state index is 12.4. The first-order valence-corrected chi connectivity index (χ1v) is 8.29. The molecule has 0 fully saturated rings. The molecule has 2 rings (SSSR count). The van der Waals surface area contributed by atoms with E-state index in [-0.39, 0.29) is 11.9 Å². The van der Waals surface area contributed by atoms with Crippen LogP contribution >= 0.6 is 22.9 Å². The van der Waals surface area contributed by atoms with Gasteiger partial charge in [-0.25, -0.2) is 0 Å². The number of rotatable bonds is 6. The predicted molar refractivity (Wildman–Crippen MR) is 89.1 cm³/mol. The molecular weight excluding hydrogens is 304 g/mol. The third kappa shape index (κ3) is 4.56. The van der Waals surface area contributed by atoms with Crippen LogP contribution in [-0.2, 0) is 11.3 Å². The van der Waals surface area contributed by atoms with Crippen LogP contribution in [0.2, 0.25) is 5.02 Å². The molecule has 0 saturated heterocycles. The number of quaternary nitrogens is 1. The molecule has 1 aromatic heterocycles. The van der Waals surface area contributed by atoms with Gasteiger partial charge in [-0.1, -0.05) is 17.7 Å². The summed E-state index contributed by atoms with van der Waals surface area (Å²) in [5, 5.41) is 5.69. The zero-order valence-electron chi connectivity index (χ0n) is 12.2. The number of hydrogen-bond acceptors (Lipinski definition) is 2. The van der Waals surface area contributed by atoms with Crippen LogP contribution in [0.3, 0.4) is 0 Å². The first-order chi connectivity index (χ1) is 10.1. The molecule has 5 heteroatoms. The van der Waals surface area contributed by atoms with E-state index in [1.54, 1.807) is 23.5 Å². The molecule has 3 nitrogen and oxygen atoms in total. The first kappa shape index (κ1) is 16.0. The summed E-state index contributed by atoms with van der Waals surface area (Å²) < 4.78 is 0. The number of thiophene rings is 1. The van der Waals surface area contributed by atoms with Crippen LogP contribution in [0.15, 0.2) is 41.8 Å². The van der Waals surface area contributed by atoms with E-state index >= 15 is 0 Å². The van der Waals surface area contributed by atoms with Gasteiger partial charge in [0.25, 0.3) is 5.91 Å². The van der Waals surface area contributed by atoms with Gasteiger partial charge >= 0.3 is 0 Å². The second kappa shape index (κ2) is 7.59. The predicted octanol–water partition coefficient (Wildman–Crippen LogP) is 2.83. The molecule has 21 heavy (non-hydrogen) atoms. The standard InChI is InChI=1S/C16H19ClN2OS/c1-3-19(11-15-5-4-10-21-15)12(2)16(20)18-14-8-6-13(17)7-9-14/h4-10,12H,3,11H2,1-2H3,(H,18,20)/p+1/t12-/m0/s1. The summed E-state index contributed by atoms with van der Waals surface area (Å²) >= 11 is 7.58. The van der Waals surface area contributed by atoms with Crippen LogP contribution in [0.5, 0.6) is 0 Å². The van der Waals surface area contributed by atoms with E-state index in [2.05, 4.69) is 23.7 Å². The van der Waals surface area contributed by atoms with E-state index < -0.39 is 0 Å². The van der Waals surface area contributed by atoms with E-state index in [1.165, 1.54) is 9.78 Å². The Kier molecular flexibility index (Phi) is 5.79. The lowest BCUT2D eigenvalue weighted by Crippen LogP contribution is -3.15. The minimum atomic E-state index is -0.104. The number of halogens is 1. The zero-order chi connectivity index (χ0) is 15.2. The number of benzene rings is 1. The van der Waals surface area contributed by atoms with Crippen molar-refractivity contribution in [1.82, 2.24) is 0 Å². The molecule has 2 aromatic rings. The van der Waals surface area contributed by atoms with Crippen molar-refractivity contribution in [2.24, 2.45) is 0 Å². The van der Waals surface area contributed by atoms with Gasteiger partial charge in [0, 0.05) is 10.7 Å². The Morgan fingerprint density at radius 3 is 2.62 bits per heavy atom. The Hall–Kier alpha value is -1.36. The third-order valence-electron chi connectivity index (χ3n) is 3.55. The quantitative estimate of drug-likeness (QED) is 0.842. The van der Waals surface area contributed by atoms with Gasteiger partial charge in [0.15, 0.2) is 6.04 Å². The van der Waals surface area contributed by atoms with Crippen molar-refractivity contribution in [3.8, 4) is 0 Å². The Morgan fingerprint density at radius 1 is 1.33 bits per heavy atom. The molecule has 1 heterocycles. The second-order valence-electron chi connectivity index (χ2n) is 4.99. The molecule has 1 aromatic carbocycles. The highest BCUT2D eigenvalue weighted by Gasteiger charge is 2.24. The van der Waals surface area contributed by atoms with Crippen molar-refractivity contribution in [3.63, 3.8) is 0 Å². The molecule has 0 spiro atoms. The van der Waals surface area contributed by atoms with Crippen molar-refractivity contribution in [1.29, 1.82) is 0 Å². The summed E-state index contributed by atoms with van der Waals surface area (Å²) in [4.78, 5) is 14.9. The fourth-order valence-corrected chi connectivity index (χ4v) is 3.07. The van der Waals surface area contributed by atoms with E-state index in [4.69, 9.17) is 11.6 Å². The fourth-order valence-electron chi connectivity index (χ4n) is 2.19. The maximum Gasteiger partial charge on any atom is 0.282 e. The van der Waals surface area contributed by atoms with E-state index in [1.807, 2.05) is 25.1 Å². The molecule has 0 bridgehead atoms. The SMILES string of the molecule is CC[NH+](Cc1cccs1)[C@@H](C)C(=O)Nc1ccc(Cl)cc1. The molecular formula is C16H20ClN2OS+. The molecule has 0 saturated carbocycles. The van der Waals surface area contributed by atoms with Crippen LogP contribution in [0, 0.1) is 0 Å². The summed E-state index contributed by atoms with van der Waals surface area (Å²) in [5.41, 5.74) is 0.780. The molecule has 0 aliphatic rings. The van der Waals surface area contributed by atoms with Gasteiger partial charge in [0.1, 0.15) is 6.54 Å². The highest BCUT2D eigenvalue weighted by molar-refractivity contribution is 7.09. The number of carbonyl (C=O) groups excluding carboxylic acids is 1. The number of carbonyl (C=O) groups is 1. The van der Waals surface area contributed by atoms with Crippen LogP contribution in [-0.4, -0.2) is 18.5 Å². The highest BCUT2D eigenvalue weighted by atomic mass is 35.5. The summed E-state index contributed by atoms with van der Waals surface area (Å²) in [6.07, 6.45) is 0. The molecule has 112 valence electrons. The lowest BCUT2D eigenvalue weighted by atomic mass is 10.2. The minimum Gasteiger partial charge on any atom is -0.321 e. The van der Waals surface area contributed by atoms with Crippen molar-refractivity contribution in [2.75, 3.05) is 11.9 Å². The van der Waals surface area contributed by atoms with Crippen molar-refractivity contribution in [3.05, 3.63) is 51.7 Å². The number of hydrogen-bond donors (Lipinski definition) is 2. The molecule has 1 amide bonds. The minimum absolute atomic E-state index is 0.0331. The van der Waals surface area contributed by atoms with Gasteiger partial charge in [-0.15, -0.1) is 11.3 Å². The van der Waals surface area contributed by atoms with Gasteiger partial charge in [0.05, 0.1) is 11.4 Å². The van der Waals surface area contributed by atoms with E-state index in [9.17, 15) is 4.79 Å². The van der Waals surface area contributed by atoms with Crippen molar-refractivity contribution >= 4 is 34.5 Å². The van der Waals surface area contributed by atoms with Gasteiger partial charge in [-0.3, -0.25) is 4.79 Å². The Morgan fingerprint density at radius 2 is 2.05 bits per heavy atom. The van der Waals surface area contributed by atoms with Gasteiger partial charge < -0.3 is 10.2 Å². The van der Waals surface area contributed by atoms with Gasteiger partial charge in [0.2, 0.25) is 0 Å². The Bertz CT molecular complexity index is 568. The summed E-state index contributed by atoms with van der Waals surface area (Å²) in [5.74, 6) is 0.0331. The monoisotopic (exact) mass is 323 g/mol. The van der Waals surface area contributed by atoms with Gasteiger partial charge in [-0.05, 0) is 49.6 Å². The van der Waals surface area contributed by atoms with Gasteiger partial charge in [-0.2, -0.15) is 0 Å². The normalized spacial score (nSPS) is 13.7. The number of anilines is 1.